The molecule has 2 aromatic heterocycles. The van der Waals surface area contributed by atoms with Crippen LogP contribution >= 0.6 is 0 Å². The molecular weight excluding hydrogens is 260 g/mol. The Morgan fingerprint density at radius 1 is 1.50 bits per heavy atom. The van der Waals surface area contributed by atoms with Crippen LogP contribution < -0.4 is 11.0 Å². The third-order valence-corrected chi connectivity index (χ3v) is 2.88. The fourth-order valence-corrected chi connectivity index (χ4v) is 1.84. The van der Waals surface area contributed by atoms with Crippen molar-refractivity contribution in [1.29, 1.82) is 0 Å². The van der Waals surface area contributed by atoms with Gasteiger partial charge in [-0.3, -0.25) is 9.78 Å². The van der Waals surface area contributed by atoms with Gasteiger partial charge in [0.25, 0.3) is 0 Å². The van der Waals surface area contributed by atoms with Crippen molar-refractivity contribution in [3.63, 3.8) is 0 Å². The van der Waals surface area contributed by atoms with Crippen LogP contribution in [0.5, 0.6) is 0 Å². The van der Waals surface area contributed by atoms with Gasteiger partial charge in [-0.25, -0.2) is 14.6 Å². The summed E-state index contributed by atoms with van der Waals surface area (Å²) in [5.41, 5.74) is 0.488. The first kappa shape index (κ1) is 14.0. The molecule has 1 amide bonds. The van der Waals surface area contributed by atoms with Crippen LogP contribution in [0.2, 0.25) is 0 Å². The minimum absolute atomic E-state index is 0.0110. The summed E-state index contributed by atoms with van der Waals surface area (Å²) in [5.74, 6) is 0.764. The number of carbonyl (C=O) groups is 1. The van der Waals surface area contributed by atoms with E-state index in [0.717, 1.165) is 24.9 Å². The fraction of sp³-hybridized carbons (Fsp3) is 0.500. The molecule has 0 radical (unpaired) electrons. The van der Waals surface area contributed by atoms with Gasteiger partial charge in [-0.15, -0.1) is 0 Å². The van der Waals surface area contributed by atoms with Gasteiger partial charge in [0, 0.05) is 12.1 Å². The summed E-state index contributed by atoms with van der Waals surface area (Å²) in [7, 11) is 0. The van der Waals surface area contributed by atoms with E-state index in [1.807, 2.05) is 6.92 Å². The predicted molar refractivity (Wildman–Crippen MR) is 73.4 cm³/mol. The minimum atomic E-state index is -0.419. The molecule has 2 rings (SSSR count). The second-order valence-electron chi connectivity index (χ2n) is 4.60. The number of hydrogen-bond donors (Lipinski definition) is 3. The van der Waals surface area contributed by atoms with Gasteiger partial charge < -0.3 is 5.32 Å². The smallest absolute Gasteiger partial charge is 0.310 e. The molecule has 2 aromatic rings. The maximum absolute atomic E-state index is 11.9. The Morgan fingerprint density at radius 3 is 2.95 bits per heavy atom. The first-order valence-electron chi connectivity index (χ1n) is 6.56. The number of aromatic nitrogens is 5. The number of nitrogens with one attached hydrogen (secondary N) is 3. The highest BCUT2D eigenvalue weighted by molar-refractivity contribution is 5.91. The van der Waals surface area contributed by atoms with E-state index in [0.29, 0.717) is 11.6 Å². The zero-order chi connectivity index (χ0) is 14.5. The van der Waals surface area contributed by atoms with E-state index >= 15 is 0 Å². The van der Waals surface area contributed by atoms with Crippen molar-refractivity contribution in [3.05, 3.63) is 28.1 Å². The molecule has 20 heavy (non-hydrogen) atoms. The molecule has 0 bridgehead atoms. The number of hydrogen-bond acceptors (Lipinski definition) is 4. The third-order valence-electron chi connectivity index (χ3n) is 2.88. The number of aryl methyl sites for hydroxylation is 2. The Kier molecular flexibility index (Phi) is 4.34. The zero-order valence-corrected chi connectivity index (χ0v) is 11.6. The number of amides is 1. The quantitative estimate of drug-likeness (QED) is 0.718. The number of aromatic amines is 2. The molecule has 0 fully saturated rings. The summed E-state index contributed by atoms with van der Waals surface area (Å²) in [6.07, 6.45) is 3.79. The number of H-pyrrole nitrogens is 2. The van der Waals surface area contributed by atoms with Crippen LogP contribution in [-0.4, -0.2) is 30.9 Å². The molecule has 0 aliphatic carbocycles. The molecule has 8 nitrogen and oxygen atoms in total. The molecular formula is C12H18N6O2. The van der Waals surface area contributed by atoms with Gasteiger partial charge in [0.05, 0.1) is 12.6 Å². The predicted octanol–water partition coefficient (Wildman–Crippen LogP) is 0.584. The average Bonchev–Trinajstić information content (AvgIpc) is 2.95. The Bertz CT molecular complexity index is 638. The van der Waals surface area contributed by atoms with Gasteiger partial charge in [-0.2, -0.15) is 10.2 Å². The van der Waals surface area contributed by atoms with Gasteiger partial charge in [0.2, 0.25) is 5.91 Å². The van der Waals surface area contributed by atoms with E-state index in [-0.39, 0.29) is 12.3 Å². The van der Waals surface area contributed by atoms with Crippen LogP contribution in [0.3, 0.4) is 0 Å². The Hall–Kier alpha value is -2.38. The average molecular weight is 278 g/mol. The molecule has 0 saturated carbocycles. The van der Waals surface area contributed by atoms with Crippen LogP contribution in [-0.2, 0) is 17.8 Å². The SMILES string of the molecule is CCCCn1ncc(C)c1NC(=O)Cc1n[nH]c(=O)[nH]1. The molecule has 0 saturated heterocycles. The zero-order valence-electron chi connectivity index (χ0n) is 11.6. The van der Waals surface area contributed by atoms with E-state index in [1.54, 1.807) is 10.9 Å². The van der Waals surface area contributed by atoms with Crippen LogP contribution in [0, 0.1) is 6.92 Å². The van der Waals surface area contributed by atoms with Crippen molar-refractivity contribution in [2.45, 2.75) is 39.7 Å². The maximum Gasteiger partial charge on any atom is 0.340 e. The second-order valence-corrected chi connectivity index (χ2v) is 4.60. The van der Waals surface area contributed by atoms with E-state index in [4.69, 9.17) is 0 Å². The van der Waals surface area contributed by atoms with Crippen LogP contribution in [0.25, 0.3) is 0 Å². The lowest BCUT2D eigenvalue weighted by Gasteiger charge is -2.09. The summed E-state index contributed by atoms with van der Waals surface area (Å²) in [5, 5.41) is 13.0. The largest absolute Gasteiger partial charge is 0.340 e. The molecule has 0 aromatic carbocycles. The summed E-state index contributed by atoms with van der Waals surface area (Å²) in [4.78, 5) is 25.3. The molecule has 0 aliphatic rings. The van der Waals surface area contributed by atoms with Crippen LogP contribution in [0.4, 0.5) is 5.82 Å². The van der Waals surface area contributed by atoms with Crippen molar-refractivity contribution in [2.24, 2.45) is 0 Å². The number of nitrogens with zero attached hydrogens (tertiary/aromatic N) is 3. The van der Waals surface area contributed by atoms with Gasteiger partial charge >= 0.3 is 5.69 Å². The molecule has 108 valence electrons. The van der Waals surface area contributed by atoms with E-state index < -0.39 is 5.69 Å². The minimum Gasteiger partial charge on any atom is -0.310 e. The van der Waals surface area contributed by atoms with Gasteiger partial charge in [-0.05, 0) is 13.3 Å². The Balaban J connectivity index is 2.03. The molecule has 3 N–H and O–H groups in total. The summed E-state index contributed by atoms with van der Waals surface area (Å²) in [6, 6.07) is 0. The molecule has 8 heteroatoms. The molecule has 0 atom stereocenters. The van der Waals surface area contributed by atoms with Gasteiger partial charge in [0.1, 0.15) is 11.6 Å². The van der Waals surface area contributed by atoms with Gasteiger partial charge in [-0.1, -0.05) is 13.3 Å². The van der Waals surface area contributed by atoms with E-state index in [1.165, 1.54) is 0 Å². The highest BCUT2D eigenvalue weighted by atomic mass is 16.2. The summed E-state index contributed by atoms with van der Waals surface area (Å²) < 4.78 is 1.78. The van der Waals surface area contributed by atoms with Gasteiger partial charge in [0.15, 0.2) is 0 Å². The van der Waals surface area contributed by atoms with Crippen LogP contribution in [0.15, 0.2) is 11.0 Å². The van der Waals surface area contributed by atoms with Crippen molar-refractivity contribution >= 4 is 11.7 Å². The molecule has 2 heterocycles. The molecule has 0 aliphatic heterocycles. The van der Waals surface area contributed by atoms with E-state index in [9.17, 15) is 9.59 Å². The van der Waals surface area contributed by atoms with Crippen molar-refractivity contribution in [1.82, 2.24) is 25.0 Å². The summed E-state index contributed by atoms with van der Waals surface area (Å²) in [6.45, 7) is 4.75. The number of anilines is 1. The normalized spacial score (nSPS) is 10.7. The standard InChI is InChI=1S/C12H18N6O2/c1-3-4-5-18-11(8(2)7-13-18)15-10(19)6-9-14-12(20)17-16-9/h7H,3-6H2,1-2H3,(H,15,19)(H2,14,16,17,20). The van der Waals surface area contributed by atoms with Crippen LogP contribution in [0.1, 0.15) is 31.2 Å². The molecule has 0 spiro atoms. The first-order chi connectivity index (χ1) is 9.60. The Morgan fingerprint density at radius 2 is 2.30 bits per heavy atom. The summed E-state index contributed by atoms with van der Waals surface area (Å²) >= 11 is 0. The monoisotopic (exact) mass is 278 g/mol. The second kappa shape index (κ2) is 6.18. The lowest BCUT2D eigenvalue weighted by Crippen LogP contribution is -2.19. The third kappa shape index (κ3) is 3.34. The maximum atomic E-state index is 11.9. The topological polar surface area (TPSA) is 108 Å². The lowest BCUT2D eigenvalue weighted by atomic mass is 10.3. The number of rotatable bonds is 6. The van der Waals surface area contributed by atoms with Crippen molar-refractivity contribution in [2.75, 3.05) is 5.32 Å². The van der Waals surface area contributed by atoms with Crippen molar-refractivity contribution in [3.8, 4) is 0 Å². The molecule has 0 unspecified atom stereocenters. The highest BCUT2D eigenvalue weighted by Crippen LogP contribution is 2.15. The highest BCUT2D eigenvalue weighted by Gasteiger charge is 2.12. The number of unbranched alkanes of at least 4 members (excludes halogenated alkanes) is 1. The van der Waals surface area contributed by atoms with E-state index in [2.05, 4.69) is 32.5 Å². The Labute approximate surface area is 115 Å². The fourth-order valence-electron chi connectivity index (χ4n) is 1.84. The first-order valence-corrected chi connectivity index (χ1v) is 6.56. The van der Waals surface area contributed by atoms with Crippen molar-refractivity contribution < 1.29 is 4.79 Å². The number of carbonyl (C=O) groups excluding carboxylic acids is 1. The lowest BCUT2D eigenvalue weighted by molar-refractivity contribution is -0.115.